The Morgan fingerprint density at radius 3 is 2.68 bits per heavy atom. The summed E-state index contributed by atoms with van der Waals surface area (Å²) in [5.74, 6) is -1.97. The van der Waals surface area contributed by atoms with Crippen LogP contribution in [-0.4, -0.2) is 27.9 Å². The summed E-state index contributed by atoms with van der Waals surface area (Å²) in [6.45, 7) is 0. The van der Waals surface area contributed by atoms with Crippen LogP contribution in [0.2, 0.25) is 5.02 Å². The molecule has 8 nitrogen and oxygen atoms in total. The molecule has 1 atom stereocenters. The Labute approximate surface area is 112 Å². The molecule has 0 radical (unpaired) electrons. The van der Waals surface area contributed by atoms with Crippen molar-refractivity contribution < 1.29 is 19.6 Å². The van der Waals surface area contributed by atoms with E-state index >= 15 is 0 Å². The van der Waals surface area contributed by atoms with Gasteiger partial charge in [0.05, 0.1) is 17.4 Å². The van der Waals surface area contributed by atoms with Crippen molar-refractivity contribution in [1.29, 1.82) is 0 Å². The van der Waals surface area contributed by atoms with E-state index in [1.54, 1.807) is 0 Å². The van der Waals surface area contributed by atoms with E-state index in [9.17, 15) is 19.7 Å². The van der Waals surface area contributed by atoms with Gasteiger partial charge >= 0.3 is 5.97 Å². The summed E-state index contributed by atoms with van der Waals surface area (Å²) in [6.07, 6.45) is -0.540. The molecule has 1 aromatic rings. The minimum Gasteiger partial charge on any atom is -0.481 e. The summed E-state index contributed by atoms with van der Waals surface area (Å²) in [4.78, 5) is 31.8. The number of carboxylic acid groups (broad SMARTS) is 1. The molecule has 0 spiro atoms. The van der Waals surface area contributed by atoms with Gasteiger partial charge in [-0.1, -0.05) is 11.6 Å². The van der Waals surface area contributed by atoms with Gasteiger partial charge in [0.1, 0.15) is 5.02 Å². The number of nitro groups is 1. The second kappa shape index (κ2) is 6.12. The number of anilines is 1. The van der Waals surface area contributed by atoms with E-state index in [1.165, 1.54) is 12.1 Å². The summed E-state index contributed by atoms with van der Waals surface area (Å²) in [5.41, 5.74) is 5.08. The number of nitrogens with two attached hydrogens (primary N) is 1. The van der Waals surface area contributed by atoms with Crippen molar-refractivity contribution in [3.05, 3.63) is 33.3 Å². The van der Waals surface area contributed by atoms with Crippen LogP contribution in [0.3, 0.4) is 0 Å². The van der Waals surface area contributed by atoms with E-state index in [0.717, 1.165) is 6.07 Å². The van der Waals surface area contributed by atoms with Crippen molar-refractivity contribution in [3.63, 3.8) is 0 Å². The van der Waals surface area contributed by atoms with Crippen LogP contribution in [-0.2, 0) is 9.59 Å². The minimum atomic E-state index is -1.24. The summed E-state index contributed by atoms with van der Waals surface area (Å²) >= 11 is 5.60. The number of carboxylic acids is 1. The van der Waals surface area contributed by atoms with Crippen molar-refractivity contribution in [2.75, 3.05) is 5.32 Å². The summed E-state index contributed by atoms with van der Waals surface area (Å²) in [5, 5.41) is 21.3. The highest BCUT2D eigenvalue weighted by Crippen LogP contribution is 2.27. The van der Waals surface area contributed by atoms with Gasteiger partial charge in [-0.3, -0.25) is 19.7 Å². The molecule has 0 fully saturated rings. The first-order chi connectivity index (χ1) is 8.81. The van der Waals surface area contributed by atoms with Crippen LogP contribution >= 0.6 is 11.6 Å². The third kappa shape index (κ3) is 4.19. The number of aliphatic carboxylic acids is 1. The van der Waals surface area contributed by atoms with Crippen molar-refractivity contribution in [2.45, 2.75) is 12.5 Å². The van der Waals surface area contributed by atoms with Crippen LogP contribution < -0.4 is 11.1 Å². The fourth-order valence-corrected chi connectivity index (χ4v) is 1.43. The van der Waals surface area contributed by atoms with Crippen molar-refractivity contribution in [2.24, 2.45) is 5.73 Å². The van der Waals surface area contributed by atoms with Gasteiger partial charge in [-0.05, 0) is 12.1 Å². The lowest BCUT2D eigenvalue weighted by Crippen LogP contribution is -2.37. The van der Waals surface area contributed by atoms with Gasteiger partial charge in [0, 0.05) is 11.8 Å². The summed E-state index contributed by atoms with van der Waals surface area (Å²) < 4.78 is 0. The Hall–Kier alpha value is -2.19. The number of rotatable bonds is 5. The number of nitrogens with one attached hydrogen (secondary N) is 1. The third-order valence-electron chi connectivity index (χ3n) is 2.14. The fraction of sp³-hybridized carbons (Fsp3) is 0.200. The maximum atomic E-state index is 11.5. The average molecular weight is 288 g/mol. The van der Waals surface area contributed by atoms with Gasteiger partial charge in [-0.2, -0.15) is 0 Å². The third-order valence-corrected chi connectivity index (χ3v) is 2.46. The molecule has 0 bridgehead atoms. The first-order valence-electron chi connectivity index (χ1n) is 5.03. The van der Waals surface area contributed by atoms with E-state index < -0.39 is 29.3 Å². The van der Waals surface area contributed by atoms with Crippen LogP contribution in [0, 0.1) is 10.1 Å². The topological polar surface area (TPSA) is 136 Å². The first-order valence-corrected chi connectivity index (χ1v) is 5.41. The molecule has 19 heavy (non-hydrogen) atoms. The van der Waals surface area contributed by atoms with E-state index in [4.69, 9.17) is 22.4 Å². The predicted octanol–water partition coefficient (Wildman–Crippen LogP) is 0.989. The van der Waals surface area contributed by atoms with Crippen LogP contribution in [0.15, 0.2) is 18.2 Å². The van der Waals surface area contributed by atoms with Gasteiger partial charge in [0.15, 0.2) is 0 Å². The highest BCUT2D eigenvalue weighted by Gasteiger charge is 2.19. The van der Waals surface area contributed by atoms with Gasteiger partial charge < -0.3 is 16.2 Å². The summed E-state index contributed by atoms with van der Waals surface area (Å²) in [6, 6.07) is 2.42. The molecule has 1 rings (SSSR count). The van der Waals surface area contributed by atoms with Gasteiger partial charge in [0.25, 0.3) is 5.69 Å². The smallest absolute Gasteiger partial charge is 0.305 e. The van der Waals surface area contributed by atoms with Crippen molar-refractivity contribution in [1.82, 2.24) is 0 Å². The Morgan fingerprint density at radius 1 is 1.53 bits per heavy atom. The molecule has 102 valence electrons. The highest BCUT2D eigenvalue weighted by atomic mass is 35.5. The second-order valence-electron chi connectivity index (χ2n) is 3.62. The monoisotopic (exact) mass is 287 g/mol. The quantitative estimate of drug-likeness (QED) is 0.546. The molecule has 0 saturated carbocycles. The van der Waals surface area contributed by atoms with E-state index in [1.807, 2.05) is 0 Å². The maximum absolute atomic E-state index is 11.5. The molecular formula is C10H10ClN3O5. The van der Waals surface area contributed by atoms with E-state index in [-0.39, 0.29) is 16.4 Å². The molecule has 0 saturated heterocycles. The zero-order chi connectivity index (χ0) is 14.6. The minimum absolute atomic E-state index is 0.0715. The second-order valence-corrected chi connectivity index (χ2v) is 4.02. The molecule has 0 heterocycles. The molecule has 0 aliphatic heterocycles. The molecule has 1 unspecified atom stereocenters. The molecule has 0 aliphatic carbocycles. The van der Waals surface area contributed by atoms with Crippen molar-refractivity contribution >= 4 is 34.9 Å². The van der Waals surface area contributed by atoms with Crippen LogP contribution in [0.25, 0.3) is 0 Å². The van der Waals surface area contributed by atoms with E-state index in [2.05, 4.69) is 5.32 Å². The zero-order valence-corrected chi connectivity index (χ0v) is 10.3. The number of nitrogens with zero attached hydrogens (tertiary/aromatic N) is 1. The van der Waals surface area contributed by atoms with Crippen LogP contribution in [0.5, 0.6) is 0 Å². The normalized spacial score (nSPS) is 11.7. The molecule has 1 amide bonds. The number of benzene rings is 1. The largest absolute Gasteiger partial charge is 0.481 e. The van der Waals surface area contributed by atoms with Gasteiger partial charge in [-0.25, -0.2) is 0 Å². The lowest BCUT2D eigenvalue weighted by atomic mass is 10.2. The molecular weight excluding hydrogens is 278 g/mol. The van der Waals surface area contributed by atoms with Crippen molar-refractivity contribution in [3.8, 4) is 0 Å². The highest BCUT2D eigenvalue weighted by molar-refractivity contribution is 6.32. The molecule has 9 heteroatoms. The van der Waals surface area contributed by atoms with Gasteiger partial charge in [-0.15, -0.1) is 0 Å². The van der Waals surface area contributed by atoms with Crippen LogP contribution in [0.4, 0.5) is 11.4 Å². The molecule has 4 N–H and O–H groups in total. The zero-order valence-electron chi connectivity index (χ0n) is 9.50. The molecule has 1 aromatic carbocycles. The fourth-order valence-electron chi connectivity index (χ4n) is 1.25. The predicted molar refractivity (Wildman–Crippen MR) is 67.0 cm³/mol. The van der Waals surface area contributed by atoms with Crippen LogP contribution in [0.1, 0.15) is 6.42 Å². The Kier molecular flexibility index (Phi) is 4.79. The summed E-state index contributed by atoms with van der Waals surface area (Å²) in [7, 11) is 0. The lowest BCUT2D eigenvalue weighted by Gasteiger charge is -2.10. The Bertz CT molecular complexity index is 534. The Morgan fingerprint density at radius 2 is 2.16 bits per heavy atom. The van der Waals surface area contributed by atoms with E-state index in [0.29, 0.717) is 0 Å². The lowest BCUT2D eigenvalue weighted by molar-refractivity contribution is -0.384. The SMILES string of the molecule is NC(CC(=O)O)C(=O)Nc1ccc(Cl)c([N+](=O)[O-])c1. The average Bonchev–Trinajstić information content (AvgIpc) is 2.30. The number of amides is 1. The number of halogens is 1. The first kappa shape index (κ1) is 14.9. The molecule has 0 aromatic heterocycles. The number of carbonyl (C=O) groups is 2. The molecule has 0 aliphatic rings. The van der Waals surface area contributed by atoms with Gasteiger partial charge in [0.2, 0.25) is 5.91 Å². The standard InChI is InChI=1S/C10H10ClN3O5/c11-6-2-1-5(3-8(6)14(18)19)13-10(17)7(12)4-9(15)16/h1-3,7H,4,12H2,(H,13,17)(H,15,16). The maximum Gasteiger partial charge on any atom is 0.305 e. The number of nitro benzene ring substituents is 1. The number of hydrogen-bond donors (Lipinski definition) is 3. The number of hydrogen-bond acceptors (Lipinski definition) is 5. The Balaban J connectivity index is 2.83. The number of carbonyl (C=O) groups excluding carboxylic acids is 1.